The quantitative estimate of drug-likeness (QED) is 0.0851. The third-order valence-electron chi connectivity index (χ3n) is 6.16. The minimum atomic E-state index is -0.961. The zero-order chi connectivity index (χ0) is 29.4. The lowest BCUT2D eigenvalue weighted by atomic mass is 10.0. The molecule has 0 aliphatic heterocycles. The van der Waals surface area contributed by atoms with Gasteiger partial charge in [0.05, 0.1) is 0 Å². The summed E-state index contributed by atoms with van der Waals surface area (Å²) in [5, 5.41) is 8.79. The fourth-order valence-electron chi connectivity index (χ4n) is 4.07. The van der Waals surface area contributed by atoms with Crippen LogP contribution in [-0.2, 0) is 9.59 Å². The summed E-state index contributed by atoms with van der Waals surface area (Å²) in [6.07, 6.45) is 1.66. The number of nitriles is 1. The summed E-state index contributed by atoms with van der Waals surface area (Å²) >= 11 is 0. The van der Waals surface area contributed by atoms with Crippen LogP contribution in [-0.4, -0.2) is 11.9 Å². The van der Waals surface area contributed by atoms with Crippen LogP contribution in [0.3, 0.4) is 0 Å². The molecule has 0 N–H and O–H groups in total. The van der Waals surface area contributed by atoms with Crippen molar-refractivity contribution < 1.29 is 36.6 Å². The van der Waals surface area contributed by atoms with Gasteiger partial charge in [0.15, 0.2) is 0 Å². The van der Waals surface area contributed by atoms with Gasteiger partial charge in [0, 0.05) is 24.5 Å². The van der Waals surface area contributed by atoms with E-state index in [4.69, 9.17) is 14.7 Å². The molecule has 208 valence electrons. The molecule has 0 atom stereocenters. The zero-order valence-electron chi connectivity index (χ0n) is 21.6. The molecule has 0 amide bonds. The van der Waals surface area contributed by atoms with Gasteiger partial charge < -0.3 is 9.47 Å². The topological polar surface area (TPSA) is 76.4 Å². The highest BCUT2D eigenvalue weighted by molar-refractivity contribution is 5.74. The normalized spacial score (nSPS) is 10.6. The Morgan fingerprint density at radius 2 is 1.15 bits per heavy atom. The molecule has 0 radical (unpaired) electrons. The molecule has 0 saturated heterocycles. The second-order valence-electron chi connectivity index (χ2n) is 9.11. The largest absolute Gasteiger partial charge is 0.427 e. The first kappa shape index (κ1) is 29.0. The van der Waals surface area contributed by atoms with Gasteiger partial charge in [0.1, 0.15) is 46.4 Å². The van der Waals surface area contributed by atoms with Crippen molar-refractivity contribution in [1.29, 1.82) is 5.26 Å². The maximum absolute atomic E-state index is 14.5. The van der Waals surface area contributed by atoms with E-state index in [-0.39, 0.29) is 35.5 Å². The molecule has 0 heterocycles. The van der Waals surface area contributed by atoms with Crippen molar-refractivity contribution in [1.82, 2.24) is 0 Å². The summed E-state index contributed by atoms with van der Waals surface area (Å²) < 4.78 is 65.8. The van der Waals surface area contributed by atoms with Crippen molar-refractivity contribution in [3.8, 4) is 39.8 Å². The SMILES string of the molecule is N#Cc1c(F)cc(-c2ccc(OC(=O)CCCCCC(=O)Oc3ccc(-c4ccc(F)cc4)c(F)c3)cc2)cc1F. The van der Waals surface area contributed by atoms with Crippen molar-refractivity contribution in [3.05, 3.63) is 108 Å². The Bertz CT molecular complexity index is 1570. The third-order valence-corrected chi connectivity index (χ3v) is 6.16. The summed E-state index contributed by atoms with van der Waals surface area (Å²) in [5.74, 6) is -3.66. The molecule has 5 nitrogen and oxygen atoms in total. The number of nitrogens with zero attached hydrogens (tertiary/aromatic N) is 1. The summed E-state index contributed by atoms with van der Waals surface area (Å²) in [7, 11) is 0. The number of esters is 2. The van der Waals surface area contributed by atoms with E-state index in [1.807, 2.05) is 0 Å². The molecule has 0 bridgehead atoms. The predicted octanol–water partition coefficient (Wildman–Crippen LogP) is 7.91. The number of rotatable bonds is 10. The van der Waals surface area contributed by atoms with Gasteiger partial charge in [-0.05, 0) is 78.1 Å². The molecule has 41 heavy (non-hydrogen) atoms. The molecule has 0 saturated carbocycles. The fourth-order valence-corrected chi connectivity index (χ4v) is 4.07. The van der Waals surface area contributed by atoms with Crippen LogP contribution < -0.4 is 9.47 Å². The van der Waals surface area contributed by atoms with Crippen LogP contribution in [0.4, 0.5) is 17.6 Å². The lowest BCUT2D eigenvalue weighted by molar-refractivity contribution is -0.134. The van der Waals surface area contributed by atoms with Crippen LogP contribution in [0.1, 0.15) is 37.7 Å². The van der Waals surface area contributed by atoms with E-state index < -0.39 is 40.8 Å². The average Bonchev–Trinajstić information content (AvgIpc) is 2.94. The number of hydrogen-bond acceptors (Lipinski definition) is 5. The van der Waals surface area contributed by atoms with E-state index in [9.17, 15) is 27.2 Å². The zero-order valence-corrected chi connectivity index (χ0v) is 21.6. The van der Waals surface area contributed by atoms with Crippen LogP contribution in [0, 0.1) is 34.6 Å². The van der Waals surface area contributed by atoms with E-state index >= 15 is 0 Å². The van der Waals surface area contributed by atoms with Crippen LogP contribution in [0.5, 0.6) is 11.5 Å². The summed E-state index contributed by atoms with van der Waals surface area (Å²) in [5.41, 5.74) is 0.812. The fraction of sp³-hybridized carbons (Fsp3) is 0.156. The first-order valence-corrected chi connectivity index (χ1v) is 12.7. The third kappa shape index (κ3) is 7.79. The van der Waals surface area contributed by atoms with Gasteiger partial charge in [-0.3, -0.25) is 9.59 Å². The first-order valence-electron chi connectivity index (χ1n) is 12.7. The highest BCUT2D eigenvalue weighted by Crippen LogP contribution is 2.28. The molecule has 0 unspecified atom stereocenters. The van der Waals surface area contributed by atoms with Crippen molar-refractivity contribution >= 4 is 11.9 Å². The van der Waals surface area contributed by atoms with Crippen molar-refractivity contribution in [3.63, 3.8) is 0 Å². The lowest BCUT2D eigenvalue weighted by Gasteiger charge is -2.08. The average molecular weight is 562 g/mol. The highest BCUT2D eigenvalue weighted by Gasteiger charge is 2.13. The molecule has 4 aromatic rings. The number of hydrogen-bond donors (Lipinski definition) is 0. The Labute approximate surface area is 233 Å². The Morgan fingerprint density at radius 1 is 0.610 bits per heavy atom. The predicted molar refractivity (Wildman–Crippen MR) is 143 cm³/mol. The van der Waals surface area contributed by atoms with Crippen LogP contribution in [0.25, 0.3) is 22.3 Å². The number of carbonyl (C=O) groups is 2. The minimum absolute atomic E-state index is 0.0578. The highest BCUT2D eigenvalue weighted by atomic mass is 19.1. The van der Waals surface area contributed by atoms with Crippen molar-refractivity contribution in [2.24, 2.45) is 0 Å². The minimum Gasteiger partial charge on any atom is -0.427 e. The Balaban J connectivity index is 1.17. The molecule has 9 heteroatoms. The van der Waals surface area contributed by atoms with E-state index in [1.165, 1.54) is 66.7 Å². The molecule has 4 aromatic carbocycles. The van der Waals surface area contributed by atoms with Gasteiger partial charge in [0.25, 0.3) is 0 Å². The summed E-state index contributed by atoms with van der Waals surface area (Å²) in [6.45, 7) is 0. The number of unbranched alkanes of at least 4 members (excludes halogenated alkanes) is 2. The van der Waals surface area contributed by atoms with Crippen molar-refractivity contribution in [2.45, 2.75) is 32.1 Å². The van der Waals surface area contributed by atoms with Gasteiger partial charge in [-0.1, -0.05) is 30.7 Å². The molecular formula is C32H23F4NO4. The van der Waals surface area contributed by atoms with Gasteiger partial charge in [-0.15, -0.1) is 0 Å². The Hall–Kier alpha value is -4.97. The molecule has 0 aliphatic carbocycles. The second-order valence-corrected chi connectivity index (χ2v) is 9.11. The lowest BCUT2D eigenvalue weighted by Crippen LogP contribution is -2.09. The van der Waals surface area contributed by atoms with E-state index in [2.05, 4.69) is 0 Å². The van der Waals surface area contributed by atoms with Crippen LogP contribution >= 0.6 is 0 Å². The Morgan fingerprint density at radius 3 is 1.71 bits per heavy atom. The van der Waals surface area contributed by atoms with Crippen LogP contribution in [0.2, 0.25) is 0 Å². The number of benzene rings is 4. The van der Waals surface area contributed by atoms with Crippen molar-refractivity contribution in [2.75, 3.05) is 0 Å². The van der Waals surface area contributed by atoms with Gasteiger partial charge in [-0.2, -0.15) is 5.26 Å². The molecule has 0 aliphatic rings. The monoisotopic (exact) mass is 561 g/mol. The number of ether oxygens (including phenoxy) is 2. The molecule has 0 spiro atoms. The smallest absolute Gasteiger partial charge is 0.311 e. The second kappa shape index (κ2) is 13.4. The molecule has 4 rings (SSSR count). The van der Waals surface area contributed by atoms with Gasteiger partial charge >= 0.3 is 11.9 Å². The molecule has 0 fully saturated rings. The number of halogens is 4. The van der Waals surface area contributed by atoms with Gasteiger partial charge in [0.2, 0.25) is 0 Å². The van der Waals surface area contributed by atoms with E-state index in [0.717, 1.165) is 18.2 Å². The van der Waals surface area contributed by atoms with E-state index in [0.29, 0.717) is 30.4 Å². The van der Waals surface area contributed by atoms with E-state index in [1.54, 1.807) is 0 Å². The number of carbonyl (C=O) groups excluding carboxylic acids is 2. The summed E-state index contributed by atoms with van der Waals surface area (Å²) in [6, 6.07) is 19.0. The van der Waals surface area contributed by atoms with Gasteiger partial charge in [-0.25, -0.2) is 17.6 Å². The summed E-state index contributed by atoms with van der Waals surface area (Å²) in [4.78, 5) is 24.3. The van der Waals surface area contributed by atoms with Crippen LogP contribution in [0.15, 0.2) is 78.9 Å². The first-order chi connectivity index (χ1) is 19.7. The maximum atomic E-state index is 14.5. The molecular weight excluding hydrogens is 538 g/mol. The standard InChI is InChI=1S/C32H23F4NO4/c33-23-10-6-21(7-11-23)26-15-14-25(18-30(26)36)41-32(39)5-3-1-2-4-31(38)40-24-12-8-20(9-13-24)22-16-28(34)27(19-37)29(35)17-22/h6-18H,1-5H2. The molecule has 0 aromatic heterocycles. The Kier molecular flexibility index (Phi) is 9.48. The maximum Gasteiger partial charge on any atom is 0.311 e.